The molecule has 8 heteroatoms. The van der Waals surface area contributed by atoms with Crippen molar-refractivity contribution in [3.05, 3.63) is 56.2 Å². The summed E-state index contributed by atoms with van der Waals surface area (Å²) >= 11 is 13.6. The molecule has 0 saturated heterocycles. The molecule has 0 bridgehead atoms. The van der Waals surface area contributed by atoms with Crippen molar-refractivity contribution >= 4 is 64.5 Å². The summed E-state index contributed by atoms with van der Waals surface area (Å²) in [6.07, 6.45) is -0.725. The van der Waals surface area contributed by atoms with Gasteiger partial charge in [-0.25, -0.2) is 4.99 Å². The molecule has 1 unspecified atom stereocenters. The van der Waals surface area contributed by atoms with Crippen LogP contribution in [0.2, 0.25) is 10.0 Å². The zero-order valence-electron chi connectivity index (χ0n) is 13.1. The van der Waals surface area contributed by atoms with Crippen molar-refractivity contribution in [1.29, 1.82) is 0 Å². The van der Waals surface area contributed by atoms with Gasteiger partial charge in [0.15, 0.2) is 5.96 Å². The van der Waals surface area contributed by atoms with Crippen molar-refractivity contribution in [1.82, 2.24) is 10.6 Å². The summed E-state index contributed by atoms with van der Waals surface area (Å²) in [7, 11) is 0. The van der Waals surface area contributed by atoms with E-state index in [1.807, 2.05) is 24.4 Å². The minimum absolute atomic E-state index is 0. The van der Waals surface area contributed by atoms with Gasteiger partial charge in [-0.3, -0.25) is 0 Å². The first kappa shape index (κ1) is 21.5. The molecule has 132 valence electrons. The highest BCUT2D eigenvalue weighted by Crippen LogP contribution is 2.23. The number of aliphatic hydroxyl groups is 1. The quantitative estimate of drug-likeness (QED) is 0.312. The summed E-state index contributed by atoms with van der Waals surface area (Å²) in [6.45, 7) is 3.66. The first-order chi connectivity index (χ1) is 11.1. The molecule has 2 aromatic rings. The summed E-state index contributed by atoms with van der Waals surface area (Å²) in [5.74, 6) is 0.660. The molecule has 0 fully saturated rings. The summed E-state index contributed by atoms with van der Waals surface area (Å²) in [5, 5.41) is 19.6. The molecule has 4 nitrogen and oxygen atoms in total. The van der Waals surface area contributed by atoms with Crippen molar-refractivity contribution in [3.63, 3.8) is 0 Å². The number of hydrogen-bond acceptors (Lipinski definition) is 3. The molecule has 1 heterocycles. The van der Waals surface area contributed by atoms with Gasteiger partial charge in [0.25, 0.3) is 0 Å². The third-order valence-corrected chi connectivity index (χ3v) is 4.35. The summed E-state index contributed by atoms with van der Waals surface area (Å²) < 4.78 is 0. The number of rotatable bonds is 6. The van der Waals surface area contributed by atoms with Crippen LogP contribution in [0.1, 0.15) is 23.5 Å². The molecule has 1 aromatic carbocycles. The molecular weight excluding hydrogens is 480 g/mol. The van der Waals surface area contributed by atoms with E-state index in [0.717, 1.165) is 6.54 Å². The SMILES string of the molecule is CCNC(=NCc1cccs1)NCC(O)c1cc(Cl)cc(Cl)c1.I. The maximum Gasteiger partial charge on any atom is 0.191 e. The Morgan fingerprint density at radius 3 is 2.54 bits per heavy atom. The van der Waals surface area contributed by atoms with Crippen LogP contribution >= 0.6 is 58.5 Å². The monoisotopic (exact) mass is 499 g/mol. The predicted octanol–water partition coefficient (Wildman–Crippen LogP) is 4.46. The number of thiophene rings is 1. The fourth-order valence-electron chi connectivity index (χ4n) is 1.98. The topological polar surface area (TPSA) is 56.7 Å². The summed E-state index contributed by atoms with van der Waals surface area (Å²) in [4.78, 5) is 5.68. The number of nitrogens with zero attached hydrogens (tertiary/aromatic N) is 1. The molecule has 3 N–H and O–H groups in total. The number of aliphatic imine (C=N–C) groups is 1. The third-order valence-electron chi connectivity index (χ3n) is 3.05. The Morgan fingerprint density at radius 1 is 1.25 bits per heavy atom. The number of benzene rings is 1. The molecule has 0 aliphatic heterocycles. The summed E-state index contributed by atoms with van der Waals surface area (Å²) in [6, 6.07) is 9.09. The van der Waals surface area contributed by atoms with E-state index in [4.69, 9.17) is 23.2 Å². The highest BCUT2D eigenvalue weighted by molar-refractivity contribution is 14.0. The second kappa shape index (κ2) is 11.1. The van der Waals surface area contributed by atoms with E-state index in [-0.39, 0.29) is 24.0 Å². The Hall–Kier alpha value is -0.540. The Balaban J connectivity index is 0.00000288. The number of nitrogens with one attached hydrogen (secondary N) is 2. The molecule has 1 atom stereocenters. The third kappa shape index (κ3) is 7.14. The van der Waals surface area contributed by atoms with Crippen LogP contribution in [0.15, 0.2) is 40.7 Å². The van der Waals surface area contributed by atoms with Gasteiger partial charge < -0.3 is 15.7 Å². The Labute approximate surface area is 173 Å². The number of halogens is 3. The van der Waals surface area contributed by atoms with Gasteiger partial charge in [-0.15, -0.1) is 35.3 Å². The zero-order valence-corrected chi connectivity index (χ0v) is 17.8. The van der Waals surface area contributed by atoms with Gasteiger partial charge in [-0.2, -0.15) is 0 Å². The van der Waals surface area contributed by atoms with Crippen LogP contribution in [0.25, 0.3) is 0 Å². The van der Waals surface area contributed by atoms with E-state index in [1.165, 1.54) is 4.88 Å². The van der Waals surface area contributed by atoms with Crippen LogP contribution in [0, 0.1) is 0 Å². The highest BCUT2D eigenvalue weighted by atomic mass is 127. The second-order valence-electron chi connectivity index (χ2n) is 4.87. The fraction of sp³-hybridized carbons (Fsp3) is 0.312. The predicted molar refractivity (Wildman–Crippen MR) is 114 cm³/mol. The second-order valence-corrected chi connectivity index (χ2v) is 6.78. The molecule has 1 aromatic heterocycles. The first-order valence-corrected chi connectivity index (χ1v) is 8.90. The van der Waals surface area contributed by atoms with Crippen LogP contribution in [-0.4, -0.2) is 24.2 Å². The van der Waals surface area contributed by atoms with Crippen molar-refractivity contribution in [2.24, 2.45) is 4.99 Å². The van der Waals surface area contributed by atoms with E-state index >= 15 is 0 Å². The first-order valence-electron chi connectivity index (χ1n) is 7.27. The average molecular weight is 500 g/mol. The zero-order chi connectivity index (χ0) is 16.7. The average Bonchev–Trinajstić information content (AvgIpc) is 3.02. The van der Waals surface area contributed by atoms with E-state index in [9.17, 15) is 5.11 Å². The molecule has 0 saturated carbocycles. The van der Waals surface area contributed by atoms with E-state index in [2.05, 4.69) is 15.6 Å². The Kier molecular flexibility index (Phi) is 9.99. The molecule has 0 spiro atoms. The molecule has 24 heavy (non-hydrogen) atoms. The Morgan fingerprint density at radius 2 is 1.96 bits per heavy atom. The van der Waals surface area contributed by atoms with Gasteiger partial charge in [0.2, 0.25) is 0 Å². The van der Waals surface area contributed by atoms with E-state index < -0.39 is 6.10 Å². The van der Waals surface area contributed by atoms with Crippen molar-refractivity contribution in [3.8, 4) is 0 Å². The minimum Gasteiger partial charge on any atom is -0.387 e. The number of hydrogen-bond donors (Lipinski definition) is 3. The van der Waals surface area contributed by atoms with Crippen LogP contribution in [0.5, 0.6) is 0 Å². The van der Waals surface area contributed by atoms with Gasteiger partial charge in [0.05, 0.1) is 12.6 Å². The van der Waals surface area contributed by atoms with Gasteiger partial charge in [0, 0.05) is 28.0 Å². The van der Waals surface area contributed by atoms with Crippen LogP contribution in [0.4, 0.5) is 0 Å². The van der Waals surface area contributed by atoms with Crippen LogP contribution < -0.4 is 10.6 Å². The summed E-state index contributed by atoms with van der Waals surface area (Å²) in [5.41, 5.74) is 0.670. The lowest BCUT2D eigenvalue weighted by Gasteiger charge is -2.16. The van der Waals surface area contributed by atoms with Gasteiger partial charge in [0.1, 0.15) is 0 Å². The maximum atomic E-state index is 10.3. The molecule has 0 amide bonds. The lowest BCUT2D eigenvalue weighted by Crippen LogP contribution is -2.39. The van der Waals surface area contributed by atoms with Gasteiger partial charge in [-0.05, 0) is 42.1 Å². The van der Waals surface area contributed by atoms with Crippen molar-refractivity contribution in [2.45, 2.75) is 19.6 Å². The van der Waals surface area contributed by atoms with E-state index in [0.29, 0.717) is 34.7 Å². The molecular formula is C16H20Cl2IN3OS. The lowest BCUT2D eigenvalue weighted by molar-refractivity contribution is 0.181. The molecule has 0 aliphatic carbocycles. The lowest BCUT2D eigenvalue weighted by atomic mass is 10.1. The largest absolute Gasteiger partial charge is 0.387 e. The highest BCUT2D eigenvalue weighted by Gasteiger charge is 2.10. The number of guanidine groups is 1. The minimum atomic E-state index is -0.725. The molecule has 0 radical (unpaired) electrons. The van der Waals surface area contributed by atoms with Gasteiger partial charge in [-0.1, -0.05) is 29.3 Å². The van der Waals surface area contributed by atoms with Crippen molar-refractivity contribution < 1.29 is 5.11 Å². The molecule has 0 aliphatic rings. The number of aliphatic hydroxyl groups excluding tert-OH is 1. The fourth-order valence-corrected chi connectivity index (χ4v) is 3.15. The van der Waals surface area contributed by atoms with E-state index in [1.54, 1.807) is 29.5 Å². The van der Waals surface area contributed by atoms with Crippen LogP contribution in [0.3, 0.4) is 0 Å². The standard InChI is InChI=1S/C16H19Cl2N3OS.HI/c1-2-19-16(20-9-14-4-3-5-23-14)21-10-15(22)11-6-12(17)8-13(18)7-11;/h3-8,15,22H,2,9-10H2,1H3,(H2,19,20,21);1H. The Bertz CT molecular complexity index is 633. The maximum absolute atomic E-state index is 10.3. The van der Waals surface area contributed by atoms with Gasteiger partial charge >= 0.3 is 0 Å². The van der Waals surface area contributed by atoms with Crippen molar-refractivity contribution in [2.75, 3.05) is 13.1 Å². The molecule has 2 rings (SSSR count). The van der Waals surface area contributed by atoms with Crippen LogP contribution in [-0.2, 0) is 6.54 Å². The smallest absolute Gasteiger partial charge is 0.191 e. The normalized spacial score (nSPS) is 12.4.